The van der Waals surface area contributed by atoms with Crippen molar-refractivity contribution in [3.8, 4) is 22.8 Å². The topological polar surface area (TPSA) is 98.7 Å². The molecule has 7 nitrogen and oxygen atoms in total. The summed E-state index contributed by atoms with van der Waals surface area (Å²) >= 11 is 0. The second-order valence-corrected chi connectivity index (χ2v) is 7.98. The number of hydrogen-bond donors (Lipinski definition) is 3. The number of nitrogens with zero attached hydrogens (tertiary/aromatic N) is 2. The molecule has 3 aromatic rings. The van der Waals surface area contributed by atoms with Gasteiger partial charge in [0.25, 0.3) is 5.91 Å². The summed E-state index contributed by atoms with van der Waals surface area (Å²) in [5.41, 5.74) is 3.22. The van der Waals surface area contributed by atoms with Gasteiger partial charge in [0.1, 0.15) is 22.9 Å². The highest BCUT2D eigenvalue weighted by Gasteiger charge is 2.42. The quantitative estimate of drug-likeness (QED) is 0.413. The van der Waals surface area contributed by atoms with Crippen molar-refractivity contribution in [3.63, 3.8) is 0 Å². The van der Waals surface area contributed by atoms with E-state index in [9.17, 15) is 15.0 Å². The van der Waals surface area contributed by atoms with Gasteiger partial charge in [-0.1, -0.05) is 44.0 Å². The van der Waals surface area contributed by atoms with E-state index in [1.165, 1.54) is 0 Å². The summed E-state index contributed by atoms with van der Waals surface area (Å²) in [6.45, 7) is 3.26. The van der Waals surface area contributed by atoms with Crippen molar-refractivity contribution in [2.24, 2.45) is 0 Å². The molecule has 0 spiro atoms. The van der Waals surface area contributed by atoms with Gasteiger partial charge >= 0.3 is 0 Å². The first-order chi connectivity index (χ1) is 15.7. The van der Waals surface area contributed by atoms with Crippen LogP contribution in [0.2, 0.25) is 0 Å². The average molecular weight is 436 g/mol. The van der Waals surface area contributed by atoms with Crippen LogP contribution in [-0.2, 0) is 0 Å². The Kier molecular flexibility index (Phi) is 6.75. The Morgan fingerprint density at radius 3 is 2.59 bits per heavy atom. The van der Waals surface area contributed by atoms with Gasteiger partial charge in [-0.05, 0) is 42.7 Å². The second-order valence-electron chi connectivity index (χ2n) is 7.98. The standard InChI is InChI=1S/C25H29N3O4/c1-2-3-6-16-32-18-12-10-17(11-13-18)24-21-22(19-8-4-5-9-20(19)30)26-27-23(21)25(31)28(24)14-7-15-29/h4-5,8-13,24,29-30H,2-3,6-7,14-16H2,1H3,(H,26,27)/t24-/m0/s1. The highest BCUT2D eigenvalue weighted by atomic mass is 16.5. The number of fused-ring (bicyclic) bond motifs is 1. The fourth-order valence-corrected chi connectivity index (χ4v) is 4.18. The number of phenols is 1. The number of ether oxygens (including phenoxy) is 1. The summed E-state index contributed by atoms with van der Waals surface area (Å²) < 4.78 is 5.84. The largest absolute Gasteiger partial charge is 0.507 e. The van der Waals surface area contributed by atoms with Crippen molar-refractivity contribution in [2.45, 2.75) is 38.6 Å². The maximum atomic E-state index is 13.2. The lowest BCUT2D eigenvalue weighted by atomic mass is 9.95. The van der Waals surface area contributed by atoms with Gasteiger partial charge < -0.3 is 19.8 Å². The highest BCUT2D eigenvalue weighted by molar-refractivity contribution is 6.00. The summed E-state index contributed by atoms with van der Waals surface area (Å²) in [6, 6.07) is 14.4. The number of phenolic OH excluding ortho intramolecular Hbond substituents is 1. The SMILES string of the molecule is CCCCCOc1ccc([C@H]2c3c(-c4ccccc4O)n[nH]c3C(=O)N2CCCO)cc1. The van der Waals surface area contributed by atoms with Crippen LogP contribution in [-0.4, -0.2) is 51.0 Å². The van der Waals surface area contributed by atoms with Crippen molar-refractivity contribution in [3.05, 3.63) is 65.4 Å². The predicted molar refractivity (Wildman–Crippen MR) is 122 cm³/mol. The Hall–Kier alpha value is -3.32. The number of aliphatic hydroxyl groups is 1. The normalized spacial score (nSPS) is 15.2. The zero-order valence-corrected chi connectivity index (χ0v) is 18.3. The number of nitrogens with one attached hydrogen (secondary N) is 1. The van der Waals surface area contributed by atoms with Crippen LogP contribution in [0.1, 0.15) is 60.3 Å². The van der Waals surface area contributed by atoms with E-state index in [0.29, 0.717) is 36.5 Å². The van der Waals surface area contributed by atoms with Gasteiger partial charge in [0.2, 0.25) is 0 Å². The molecule has 0 aliphatic carbocycles. The minimum atomic E-state index is -0.369. The molecule has 0 radical (unpaired) electrons. The lowest BCUT2D eigenvalue weighted by molar-refractivity contribution is 0.0732. The minimum Gasteiger partial charge on any atom is -0.507 e. The minimum absolute atomic E-state index is 0.000444. The van der Waals surface area contributed by atoms with Crippen molar-refractivity contribution < 1.29 is 19.7 Å². The number of amides is 1. The van der Waals surface area contributed by atoms with Crippen LogP contribution in [0, 0.1) is 0 Å². The van der Waals surface area contributed by atoms with Crippen LogP contribution in [0.4, 0.5) is 0 Å². The number of carbonyl (C=O) groups is 1. The average Bonchev–Trinajstić information content (AvgIpc) is 3.35. The number of aromatic hydroxyl groups is 1. The molecular weight excluding hydrogens is 406 g/mol. The molecule has 3 N–H and O–H groups in total. The van der Waals surface area contributed by atoms with Gasteiger partial charge in [0.05, 0.1) is 12.6 Å². The molecule has 0 saturated heterocycles. The predicted octanol–water partition coefficient (Wildman–Crippen LogP) is 4.28. The number of benzene rings is 2. The monoisotopic (exact) mass is 435 g/mol. The summed E-state index contributed by atoms with van der Waals surface area (Å²) in [5, 5.41) is 27.0. The molecule has 1 amide bonds. The summed E-state index contributed by atoms with van der Waals surface area (Å²) in [5.74, 6) is 0.745. The van der Waals surface area contributed by atoms with E-state index in [4.69, 9.17) is 4.74 Å². The van der Waals surface area contributed by atoms with Crippen LogP contribution in [0.25, 0.3) is 11.3 Å². The Morgan fingerprint density at radius 2 is 1.88 bits per heavy atom. The molecule has 7 heteroatoms. The molecule has 0 saturated carbocycles. The number of para-hydroxylation sites is 1. The molecule has 4 rings (SSSR count). The molecule has 1 aliphatic rings. The Bertz CT molecular complexity index is 1060. The smallest absolute Gasteiger partial charge is 0.273 e. The van der Waals surface area contributed by atoms with Gasteiger partial charge in [0.15, 0.2) is 0 Å². The molecule has 168 valence electrons. The van der Waals surface area contributed by atoms with Crippen LogP contribution in [0.3, 0.4) is 0 Å². The molecular formula is C25H29N3O4. The third kappa shape index (κ3) is 4.21. The first kappa shape index (κ1) is 21.9. The molecule has 32 heavy (non-hydrogen) atoms. The van der Waals surface area contributed by atoms with E-state index in [0.717, 1.165) is 36.1 Å². The highest BCUT2D eigenvalue weighted by Crippen LogP contribution is 2.44. The number of unbranched alkanes of at least 4 members (excludes halogenated alkanes) is 2. The van der Waals surface area contributed by atoms with Gasteiger partial charge in [-0.25, -0.2) is 0 Å². The number of H-pyrrole nitrogens is 1. The van der Waals surface area contributed by atoms with Gasteiger partial charge in [-0.2, -0.15) is 5.10 Å². The lowest BCUT2D eigenvalue weighted by Crippen LogP contribution is -2.31. The number of aromatic amines is 1. The number of hydrogen-bond acceptors (Lipinski definition) is 5. The first-order valence-electron chi connectivity index (χ1n) is 11.2. The fourth-order valence-electron chi connectivity index (χ4n) is 4.18. The summed E-state index contributed by atoms with van der Waals surface area (Å²) in [7, 11) is 0. The van der Waals surface area contributed by atoms with E-state index in [1.807, 2.05) is 30.3 Å². The Labute approximate surface area is 187 Å². The molecule has 1 aromatic heterocycles. The van der Waals surface area contributed by atoms with Crippen LogP contribution < -0.4 is 4.74 Å². The van der Waals surface area contributed by atoms with Crippen LogP contribution in [0.5, 0.6) is 11.5 Å². The first-order valence-corrected chi connectivity index (χ1v) is 11.2. The molecule has 2 heterocycles. The fraction of sp³-hybridized carbons (Fsp3) is 0.360. The van der Waals surface area contributed by atoms with E-state index < -0.39 is 0 Å². The summed E-state index contributed by atoms with van der Waals surface area (Å²) in [4.78, 5) is 14.9. The Balaban J connectivity index is 1.69. The van der Waals surface area contributed by atoms with E-state index in [2.05, 4.69) is 17.1 Å². The second kappa shape index (κ2) is 9.87. The molecule has 0 unspecified atom stereocenters. The third-order valence-electron chi connectivity index (χ3n) is 5.79. The van der Waals surface area contributed by atoms with Crippen LogP contribution in [0.15, 0.2) is 48.5 Å². The number of aliphatic hydroxyl groups excluding tert-OH is 1. The maximum Gasteiger partial charge on any atom is 0.273 e. The van der Waals surface area contributed by atoms with E-state index in [-0.39, 0.29) is 24.3 Å². The lowest BCUT2D eigenvalue weighted by Gasteiger charge is -2.26. The number of aromatic nitrogens is 2. The van der Waals surface area contributed by atoms with Gasteiger partial charge in [-0.3, -0.25) is 9.89 Å². The molecule has 0 bridgehead atoms. The van der Waals surface area contributed by atoms with Crippen LogP contribution >= 0.6 is 0 Å². The Morgan fingerprint density at radius 1 is 1.09 bits per heavy atom. The van der Waals surface area contributed by atoms with Crippen molar-refractivity contribution in [1.82, 2.24) is 15.1 Å². The van der Waals surface area contributed by atoms with Crippen molar-refractivity contribution in [1.29, 1.82) is 0 Å². The zero-order valence-electron chi connectivity index (χ0n) is 18.3. The van der Waals surface area contributed by atoms with Gasteiger partial charge in [0, 0.05) is 24.3 Å². The van der Waals surface area contributed by atoms with E-state index in [1.54, 1.807) is 23.1 Å². The van der Waals surface area contributed by atoms with Crippen molar-refractivity contribution in [2.75, 3.05) is 19.8 Å². The van der Waals surface area contributed by atoms with Gasteiger partial charge in [-0.15, -0.1) is 0 Å². The molecule has 0 fully saturated rings. The van der Waals surface area contributed by atoms with Crippen molar-refractivity contribution >= 4 is 5.91 Å². The molecule has 2 aromatic carbocycles. The zero-order chi connectivity index (χ0) is 22.5. The van der Waals surface area contributed by atoms with E-state index >= 15 is 0 Å². The number of rotatable bonds is 10. The molecule has 1 aliphatic heterocycles. The summed E-state index contributed by atoms with van der Waals surface area (Å²) in [6.07, 6.45) is 3.78. The third-order valence-corrected chi connectivity index (χ3v) is 5.79. The maximum absolute atomic E-state index is 13.2. The number of carbonyl (C=O) groups excluding carboxylic acids is 1. The molecule has 1 atom stereocenters.